The molecule has 184 valence electrons. The number of rotatable bonds is 4. The summed E-state index contributed by atoms with van der Waals surface area (Å²) in [5.74, 6) is -2.23. The molecule has 0 N–H and O–H groups in total. The molecule has 3 aromatic carbocycles. The molecule has 4 rings (SSSR count). The van der Waals surface area contributed by atoms with Gasteiger partial charge in [-0.25, -0.2) is 4.90 Å². The zero-order valence-electron chi connectivity index (χ0n) is 17.6. The van der Waals surface area contributed by atoms with Crippen molar-refractivity contribution in [3.63, 3.8) is 0 Å². The number of aromatic nitrogens is 1. The molecule has 0 aliphatic carbocycles. The molecule has 0 fully saturated rings. The number of hydrogen-bond acceptors (Lipinski definition) is 4. The summed E-state index contributed by atoms with van der Waals surface area (Å²) in [6.07, 6.45) is -4.52. The third-order valence-electron chi connectivity index (χ3n) is 4.98. The summed E-state index contributed by atoms with van der Waals surface area (Å²) >= 11 is 24.8. The van der Waals surface area contributed by atoms with Gasteiger partial charge in [-0.2, -0.15) is 13.2 Å². The van der Waals surface area contributed by atoms with Crippen molar-refractivity contribution < 1.29 is 27.3 Å². The Hall–Kier alpha value is -3.04. The van der Waals surface area contributed by atoms with Gasteiger partial charge in [-0.1, -0.05) is 75.8 Å². The van der Waals surface area contributed by atoms with Gasteiger partial charge in [0.05, 0.1) is 36.8 Å². The lowest BCUT2D eigenvalue weighted by Gasteiger charge is -2.20. The Morgan fingerprint density at radius 3 is 1.61 bits per heavy atom. The zero-order valence-corrected chi connectivity index (χ0v) is 20.6. The number of carbonyl (C=O) groups is 2. The van der Waals surface area contributed by atoms with Crippen molar-refractivity contribution in [3.05, 3.63) is 104 Å². The van der Waals surface area contributed by atoms with Crippen LogP contribution in [-0.4, -0.2) is 17.0 Å². The van der Waals surface area contributed by atoms with Crippen LogP contribution in [0.4, 0.5) is 19.0 Å². The van der Waals surface area contributed by atoms with Crippen LogP contribution in [0, 0.1) is 0 Å². The van der Waals surface area contributed by atoms with E-state index < -0.39 is 23.6 Å². The summed E-state index contributed by atoms with van der Waals surface area (Å²) in [5, 5.41) is 3.63. The van der Waals surface area contributed by atoms with Gasteiger partial charge in [-0.15, -0.1) is 0 Å². The highest BCUT2D eigenvalue weighted by molar-refractivity contribution is 6.45. The maximum atomic E-state index is 13.6. The monoisotopic (exact) mass is 572 g/mol. The molecular weight excluding hydrogens is 563 g/mol. The van der Waals surface area contributed by atoms with Crippen LogP contribution in [0.15, 0.2) is 71.3 Å². The first-order valence-corrected chi connectivity index (χ1v) is 11.4. The average Bonchev–Trinajstić information content (AvgIpc) is 3.28. The molecule has 0 aliphatic heterocycles. The number of alkyl halides is 3. The van der Waals surface area contributed by atoms with Gasteiger partial charge in [0.2, 0.25) is 0 Å². The van der Waals surface area contributed by atoms with Crippen molar-refractivity contribution in [1.82, 2.24) is 5.16 Å². The topological polar surface area (TPSA) is 63.4 Å². The lowest BCUT2D eigenvalue weighted by atomic mass is 10.1. The molecule has 0 saturated heterocycles. The van der Waals surface area contributed by atoms with E-state index in [9.17, 15) is 22.8 Å². The molecule has 0 unspecified atom stereocenters. The molecule has 12 heteroatoms. The number of nitrogens with zero attached hydrogens (tertiary/aromatic N) is 2. The van der Waals surface area contributed by atoms with Gasteiger partial charge < -0.3 is 4.52 Å². The molecule has 0 bridgehead atoms. The number of carbonyl (C=O) groups excluding carboxylic acids is 2. The summed E-state index contributed by atoms with van der Waals surface area (Å²) in [6, 6.07) is 13.9. The Morgan fingerprint density at radius 2 is 1.19 bits per heavy atom. The van der Waals surface area contributed by atoms with Crippen LogP contribution in [0.1, 0.15) is 26.3 Å². The van der Waals surface area contributed by atoms with Crippen LogP contribution in [-0.2, 0) is 6.18 Å². The number of imide groups is 1. The highest BCUT2D eigenvalue weighted by atomic mass is 35.5. The quantitative estimate of drug-likeness (QED) is 0.230. The van der Waals surface area contributed by atoms with Crippen molar-refractivity contribution in [1.29, 1.82) is 0 Å². The zero-order chi connectivity index (χ0) is 26.2. The van der Waals surface area contributed by atoms with Crippen molar-refractivity contribution in [2.45, 2.75) is 6.18 Å². The summed E-state index contributed by atoms with van der Waals surface area (Å²) in [6.45, 7) is 0. The van der Waals surface area contributed by atoms with Crippen LogP contribution < -0.4 is 4.90 Å². The highest BCUT2D eigenvalue weighted by Crippen LogP contribution is 2.35. The van der Waals surface area contributed by atoms with Crippen molar-refractivity contribution in [2.24, 2.45) is 0 Å². The predicted molar refractivity (Wildman–Crippen MR) is 131 cm³/mol. The normalized spacial score (nSPS) is 11.4. The van der Waals surface area contributed by atoms with Crippen molar-refractivity contribution in [2.75, 3.05) is 4.90 Å². The van der Waals surface area contributed by atoms with E-state index in [4.69, 9.17) is 50.9 Å². The molecule has 1 heterocycles. The van der Waals surface area contributed by atoms with E-state index in [0.29, 0.717) is 4.90 Å². The van der Waals surface area contributed by atoms with E-state index in [2.05, 4.69) is 5.16 Å². The van der Waals surface area contributed by atoms with Crippen molar-refractivity contribution >= 4 is 64.0 Å². The Morgan fingerprint density at radius 1 is 0.750 bits per heavy atom. The van der Waals surface area contributed by atoms with E-state index >= 15 is 0 Å². The summed E-state index contributed by atoms with van der Waals surface area (Å²) < 4.78 is 43.9. The maximum Gasteiger partial charge on any atom is 0.416 e. The smallest absolute Gasteiger partial charge is 0.354 e. The molecule has 4 aromatic rings. The standard InChI is InChI=1S/C24H11Cl4F3N2O3/c25-14-3-1-4-15(26)20(14)22(34)33(23(35)21-16(27)5-2-6-17(21)28)19-11-18(36-32-19)12-7-9-13(10-8-12)24(29,30)31/h1-11H. The van der Waals surface area contributed by atoms with Crippen LogP contribution in [0.5, 0.6) is 0 Å². The lowest BCUT2D eigenvalue weighted by molar-refractivity contribution is -0.137. The largest absolute Gasteiger partial charge is 0.416 e. The molecule has 5 nitrogen and oxygen atoms in total. The predicted octanol–water partition coefficient (Wildman–Crippen LogP) is 8.46. The molecule has 0 aliphatic rings. The number of benzene rings is 3. The van der Waals surface area contributed by atoms with Gasteiger partial charge >= 0.3 is 6.18 Å². The molecule has 0 spiro atoms. The minimum atomic E-state index is -4.52. The molecule has 0 atom stereocenters. The Kier molecular flexibility index (Phi) is 7.33. The highest BCUT2D eigenvalue weighted by Gasteiger charge is 2.34. The minimum Gasteiger partial charge on any atom is -0.354 e. The summed E-state index contributed by atoms with van der Waals surface area (Å²) in [5.41, 5.74) is -1.04. The molecule has 1 aromatic heterocycles. The fraction of sp³-hybridized carbons (Fsp3) is 0.0417. The van der Waals surface area contributed by atoms with E-state index in [-0.39, 0.29) is 48.4 Å². The summed E-state index contributed by atoms with van der Waals surface area (Å²) in [7, 11) is 0. The van der Waals surface area contributed by atoms with Gasteiger partial charge in [0, 0.05) is 11.6 Å². The number of anilines is 1. The fourth-order valence-corrected chi connectivity index (χ4v) is 4.38. The Bertz CT molecular complexity index is 1370. The van der Waals surface area contributed by atoms with Gasteiger partial charge in [0.25, 0.3) is 11.8 Å². The van der Waals surface area contributed by atoms with Crippen LogP contribution in [0.3, 0.4) is 0 Å². The second kappa shape index (κ2) is 10.1. The van der Waals surface area contributed by atoms with E-state index in [1.54, 1.807) is 0 Å². The minimum absolute atomic E-state index is 0.0140. The second-order valence-corrected chi connectivity index (χ2v) is 8.89. The van der Waals surface area contributed by atoms with Crippen LogP contribution in [0.2, 0.25) is 20.1 Å². The molecule has 36 heavy (non-hydrogen) atoms. The Balaban J connectivity index is 1.82. The average molecular weight is 574 g/mol. The number of hydrogen-bond donors (Lipinski definition) is 0. The van der Waals surface area contributed by atoms with Crippen molar-refractivity contribution in [3.8, 4) is 11.3 Å². The first kappa shape index (κ1) is 26.0. The number of halogens is 7. The van der Waals surface area contributed by atoms with Gasteiger partial charge in [0.1, 0.15) is 0 Å². The molecule has 0 radical (unpaired) electrons. The SMILES string of the molecule is O=C(c1c(Cl)cccc1Cl)N(C(=O)c1c(Cl)cccc1Cl)c1cc(-c2ccc(C(F)(F)F)cc2)on1. The van der Waals surface area contributed by atoms with Crippen LogP contribution in [0.25, 0.3) is 11.3 Å². The third-order valence-corrected chi connectivity index (χ3v) is 6.24. The molecule has 2 amide bonds. The van der Waals surface area contributed by atoms with E-state index in [0.717, 1.165) is 24.3 Å². The Labute approximate surface area is 221 Å². The lowest BCUT2D eigenvalue weighted by Crippen LogP contribution is -2.38. The molecular formula is C24H11Cl4F3N2O3. The fourth-order valence-electron chi connectivity index (χ4n) is 3.26. The first-order chi connectivity index (χ1) is 17.0. The van der Waals surface area contributed by atoms with Gasteiger partial charge in [-0.05, 0) is 36.4 Å². The second-order valence-electron chi connectivity index (χ2n) is 7.26. The first-order valence-electron chi connectivity index (χ1n) is 9.90. The van der Waals surface area contributed by atoms with E-state index in [1.165, 1.54) is 42.5 Å². The van der Waals surface area contributed by atoms with E-state index in [1.807, 2.05) is 0 Å². The van der Waals surface area contributed by atoms with Gasteiger partial charge in [-0.3, -0.25) is 9.59 Å². The van der Waals surface area contributed by atoms with Gasteiger partial charge in [0.15, 0.2) is 11.6 Å². The number of amides is 2. The molecule has 0 saturated carbocycles. The maximum absolute atomic E-state index is 13.6. The third kappa shape index (κ3) is 5.08. The summed E-state index contributed by atoms with van der Waals surface area (Å²) in [4.78, 5) is 27.8. The van der Waals surface area contributed by atoms with Crippen LogP contribution >= 0.6 is 46.4 Å².